The normalized spacial score (nSPS) is 75.6. The minimum absolute atomic E-state index is 0.0889. The predicted octanol–water partition coefficient (Wildman–Crippen LogP) is 3.21. The summed E-state index contributed by atoms with van der Waals surface area (Å²) in [6.45, 7) is 11.0. The summed E-state index contributed by atoms with van der Waals surface area (Å²) in [7, 11) is 0. The van der Waals surface area contributed by atoms with Gasteiger partial charge in [-0.15, -0.1) is 0 Å². The Kier molecular flexibility index (Phi) is 1.74. The van der Waals surface area contributed by atoms with Crippen molar-refractivity contribution in [1.29, 1.82) is 0 Å². The Morgan fingerprint density at radius 2 is 2.09 bits per heavy atom. The molecule has 0 aromatic rings. The maximum atomic E-state index is 11.3. The van der Waals surface area contributed by atoms with Crippen LogP contribution in [0.2, 0.25) is 0 Å². The summed E-state index contributed by atoms with van der Waals surface area (Å²) in [6, 6.07) is 0.706. The quantitative estimate of drug-likeness (QED) is 0.694. The molecule has 3 aliphatic heterocycles. The van der Waals surface area contributed by atoms with Gasteiger partial charge in [-0.05, 0) is 67.1 Å². The minimum atomic E-state index is -0.0889. The minimum Gasteiger partial charge on any atom is -0.392 e. The highest BCUT2D eigenvalue weighted by Crippen LogP contribution is 2.89. The number of rotatable bonds is 0. The van der Waals surface area contributed by atoms with E-state index in [9.17, 15) is 5.11 Å². The van der Waals surface area contributed by atoms with Crippen LogP contribution in [0.5, 0.6) is 0 Å². The van der Waals surface area contributed by atoms with E-state index in [0.29, 0.717) is 39.7 Å². The first-order chi connectivity index (χ1) is 10.9. The van der Waals surface area contributed by atoms with Gasteiger partial charge in [0, 0.05) is 30.0 Å². The van der Waals surface area contributed by atoms with Gasteiger partial charge in [-0.3, -0.25) is 4.90 Å². The molecule has 0 amide bonds. The standard InChI is InChI=1S/C21H29NO/c1-11-8-20-9-19(3)17-18(2)5-4-6-21(17)13(20)7-12(11)15(23)14(20)16(21)22(19)10-18/h12-17,23H,1,4-10H2,2-3H3/t12?,13?,14?,15?,16?,17?,18?,19-,20?,21?/m1/s1. The maximum Gasteiger partial charge on any atom is 0.0654 e. The van der Waals surface area contributed by atoms with E-state index in [0.717, 1.165) is 11.8 Å². The smallest absolute Gasteiger partial charge is 0.0654 e. The summed E-state index contributed by atoms with van der Waals surface area (Å²) in [5.41, 5.74) is 3.35. The molecule has 0 aromatic carbocycles. The molecule has 3 saturated heterocycles. The summed E-state index contributed by atoms with van der Waals surface area (Å²) >= 11 is 0. The van der Waals surface area contributed by atoms with Crippen molar-refractivity contribution in [1.82, 2.24) is 4.90 Å². The largest absolute Gasteiger partial charge is 0.392 e. The number of hydrogen-bond acceptors (Lipinski definition) is 2. The lowest BCUT2D eigenvalue weighted by atomic mass is 9.38. The molecule has 2 heteroatoms. The Labute approximate surface area is 139 Å². The van der Waals surface area contributed by atoms with Crippen molar-refractivity contribution in [3.05, 3.63) is 12.2 Å². The van der Waals surface area contributed by atoms with Crippen molar-refractivity contribution in [2.24, 2.45) is 39.9 Å². The van der Waals surface area contributed by atoms with E-state index in [1.165, 1.54) is 50.6 Å². The zero-order chi connectivity index (χ0) is 15.6. The van der Waals surface area contributed by atoms with E-state index in [-0.39, 0.29) is 6.10 Å². The van der Waals surface area contributed by atoms with Crippen molar-refractivity contribution in [2.45, 2.75) is 70.1 Å². The molecule has 0 radical (unpaired) electrons. The van der Waals surface area contributed by atoms with Gasteiger partial charge in [-0.2, -0.15) is 0 Å². The summed E-state index contributed by atoms with van der Waals surface area (Å²) in [5, 5.41) is 11.3. The van der Waals surface area contributed by atoms with Crippen molar-refractivity contribution in [2.75, 3.05) is 6.54 Å². The fourth-order valence-electron chi connectivity index (χ4n) is 11.2. The van der Waals surface area contributed by atoms with Gasteiger partial charge in [0.05, 0.1) is 6.10 Å². The topological polar surface area (TPSA) is 23.5 Å². The van der Waals surface area contributed by atoms with Crippen LogP contribution < -0.4 is 0 Å². The molecule has 9 bridgehead atoms. The second-order valence-corrected chi connectivity index (χ2v) is 11.1. The summed E-state index contributed by atoms with van der Waals surface area (Å²) < 4.78 is 0. The highest BCUT2D eigenvalue weighted by Gasteiger charge is 2.90. The number of hydrogen-bond donors (Lipinski definition) is 1. The third-order valence-corrected chi connectivity index (χ3v) is 10.7. The zero-order valence-corrected chi connectivity index (χ0v) is 14.5. The molecule has 2 spiro atoms. The summed E-state index contributed by atoms with van der Waals surface area (Å²) in [5.74, 6) is 2.79. The van der Waals surface area contributed by atoms with Crippen LogP contribution in [0.4, 0.5) is 0 Å². The van der Waals surface area contributed by atoms with Crippen LogP contribution >= 0.6 is 0 Å². The van der Waals surface area contributed by atoms with Gasteiger partial charge < -0.3 is 5.11 Å². The van der Waals surface area contributed by atoms with Gasteiger partial charge in [0.1, 0.15) is 0 Å². The highest BCUT2D eigenvalue weighted by molar-refractivity contribution is 5.43. The molecule has 23 heavy (non-hydrogen) atoms. The Bertz CT molecular complexity index is 687. The lowest BCUT2D eigenvalue weighted by molar-refractivity contribution is -0.174. The highest BCUT2D eigenvalue weighted by atomic mass is 16.3. The van der Waals surface area contributed by atoms with Gasteiger partial charge in [0.15, 0.2) is 0 Å². The Hall–Kier alpha value is -0.340. The zero-order valence-electron chi connectivity index (χ0n) is 14.5. The van der Waals surface area contributed by atoms with Crippen LogP contribution in [0, 0.1) is 39.9 Å². The molecule has 11 atom stereocenters. The van der Waals surface area contributed by atoms with E-state index in [1.807, 2.05) is 0 Å². The van der Waals surface area contributed by atoms with E-state index in [1.54, 1.807) is 0 Å². The van der Waals surface area contributed by atoms with E-state index >= 15 is 0 Å². The van der Waals surface area contributed by atoms with Crippen molar-refractivity contribution in [3.8, 4) is 0 Å². The van der Waals surface area contributed by atoms with Gasteiger partial charge in [0.2, 0.25) is 0 Å². The van der Waals surface area contributed by atoms with Crippen LogP contribution in [0.15, 0.2) is 12.2 Å². The van der Waals surface area contributed by atoms with Crippen LogP contribution in [0.1, 0.15) is 52.4 Å². The molecular weight excluding hydrogens is 282 g/mol. The fourth-order valence-corrected chi connectivity index (χ4v) is 11.2. The molecule has 9 fully saturated rings. The Balaban J connectivity index is 1.55. The van der Waals surface area contributed by atoms with E-state index < -0.39 is 0 Å². The number of aliphatic hydroxyl groups excluding tert-OH is 1. The predicted molar refractivity (Wildman–Crippen MR) is 88.7 cm³/mol. The average molecular weight is 311 g/mol. The van der Waals surface area contributed by atoms with Gasteiger partial charge >= 0.3 is 0 Å². The van der Waals surface area contributed by atoms with Gasteiger partial charge in [-0.1, -0.05) is 25.5 Å². The Morgan fingerprint density at radius 1 is 1.26 bits per heavy atom. The number of aliphatic hydroxyl groups is 1. The van der Waals surface area contributed by atoms with E-state index in [2.05, 4.69) is 25.3 Å². The molecular formula is C21H29NO. The molecule has 9 aliphatic rings. The van der Waals surface area contributed by atoms with Crippen molar-refractivity contribution >= 4 is 0 Å². The first-order valence-corrected chi connectivity index (χ1v) is 10.0. The monoisotopic (exact) mass is 311 g/mol. The molecule has 6 aliphatic carbocycles. The van der Waals surface area contributed by atoms with Crippen LogP contribution in [-0.4, -0.2) is 34.2 Å². The second kappa shape index (κ2) is 3.09. The van der Waals surface area contributed by atoms with Crippen molar-refractivity contribution < 1.29 is 5.11 Å². The van der Waals surface area contributed by atoms with Crippen LogP contribution in [-0.2, 0) is 0 Å². The lowest BCUT2D eigenvalue weighted by Crippen LogP contribution is -2.66. The molecule has 1 N–H and O–H groups in total. The molecule has 2 nitrogen and oxygen atoms in total. The summed E-state index contributed by atoms with van der Waals surface area (Å²) in [4.78, 5) is 2.96. The number of piperidine rings is 2. The molecule has 3 heterocycles. The molecule has 9 rings (SSSR count). The first kappa shape index (κ1) is 12.9. The van der Waals surface area contributed by atoms with Crippen molar-refractivity contribution in [3.63, 3.8) is 0 Å². The lowest BCUT2D eigenvalue weighted by Gasteiger charge is -2.66. The SMILES string of the molecule is C=C1CC23C[C@]4(C)C5C6(C)CCCC57C(C2C(O)C1CC37)N4C6. The number of fused-ring (bicyclic) bond motifs is 1. The third-order valence-electron chi connectivity index (χ3n) is 10.7. The summed E-state index contributed by atoms with van der Waals surface area (Å²) in [6.07, 6.45) is 8.12. The molecule has 10 unspecified atom stereocenters. The average Bonchev–Trinajstić information content (AvgIpc) is 2.82. The molecule has 124 valence electrons. The van der Waals surface area contributed by atoms with Gasteiger partial charge in [0.25, 0.3) is 0 Å². The fraction of sp³-hybridized carbons (Fsp3) is 0.905. The van der Waals surface area contributed by atoms with Crippen LogP contribution in [0.25, 0.3) is 0 Å². The van der Waals surface area contributed by atoms with E-state index in [4.69, 9.17) is 0 Å². The Morgan fingerprint density at radius 3 is 2.91 bits per heavy atom. The van der Waals surface area contributed by atoms with Gasteiger partial charge in [-0.25, -0.2) is 0 Å². The second-order valence-electron chi connectivity index (χ2n) is 11.1. The first-order valence-electron chi connectivity index (χ1n) is 10.0. The van der Waals surface area contributed by atoms with Crippen LogP contribution in [0.3, 0.4) is 0 Å². The third kappa shape index (κ3) is 0.915. The maximum absolute atomic E-state index is 11.3. The molecule has 6 saturated carbocycles. The number of nitrogens with zero attached hydrogens (tertiary/aromatic N) is 1. The molecule has 0 aromatic heterocycles.